The number of halogens is 2. The van der Waals surface area contributed by atoms with Gasteiger partial charge in [0.25, 0.3) is 0 Å². The minimum absolute atomic E-state index is 0.0536. The van der Waals surface area contributed by atoms with Gasteiger partial charge in [0.2, 0.25) is 0 Å². The molecular weight excluding hydrogens is 272 g/mol. The van der Waals surface area contributed by atoms with Crippen LogP contribution in [0.25, 0.3) is 0 Å². The Morgan fingerprint density at radius 2 is 1.81 bits per heavy atom. The third-order valence-electron chi connectivity index (χ3n) is 3.50. The van der Waals surface area contributed by atoms with Crippen molar-refractivity contribution in [3.63, 3.8) is 0 Å². The average Bonchev–Trinajstić information content (AvgIpc) is 2.46. The van der Waals surface area contributed by atoms with Crippen molar-refractivity contribution in [1.82, 2.24) is 5.32 Å². The van der Waals surface area contributed by atoms with E-state index in [0.717, 1.165) is 11.1 Å². The molecule has 21 heavy (non-hydrogen) atoms. The molecular formula is C17H19F2NO. The highest BCUT2D eigenvalue weighted by atomic mass is 19.1. The zero-order valence-corrected chi connectivity index (χ0v) is 12.4. The summed E-state index contributed by atoms with van der Waals surface area (Å²) in [7, 11) is 1.85. The van der Waals surface area contributed by atoms with Crippen molar-refractivity contribution in [3.8, 4) is 5.75 Å². The Morgan fingerprint density at radius 3 is 2.43 bits per heavy atom. The number of nitrogens with one attached hydrogen (secondary N) is 1. The summed E-state index contributed by atoms with van der Waals surface area (Å²) in [6, 6.07) is 9.72. The van der Waals surface area contributed by atoms with Crippen LogP contribution in [0.4, 0.5) is 8.78 Å². The van der Waals surface area contributed by atoms with E-state index in [4.69, 9.17) is 4.74 Å². The zero-order chi connectivity index (χ0) is 15.4. The molecule has 0 amide bonds. The standard InChI is InChI=1S/C17H19F2NO/c1-11-7-8-13(12(2)20-3)17(9-11)21-10-14-15(18)5-4-6-16(14)19/h4-9,12,20H,10H2,1-3H3. The summed E-state index contributed by atoms with van der Waals surface area (Å²) in [5.41, 5.74) is 1.94. The van der Waals surface area contributed by atoms with Crippen molar-refractivity contribution in [3.05, 3.63) is 64.7 Å². The summed E-state index contributed by atoms with van der Waals surface area (Å²) in [6.07, 6.45) is 0. The monoisotopic (exact) mass is 291 g/mol. The summed E-state index contributed by atoms with van der Waals surface area (Å²) in [5, 5.41) is 3.13. The molecule has 2 nitrogen and oxygen atoms in total. The lowest BCUT2D eigenvalue weighted by molar-refractivity contribution is 0.287. The Balaban J connectivity index is 2.25. The Hall–Kier alpha value is -1.94. The van der Waals surface area contributed by atoms with E-state index in [1.54, 1.807) is 0 Å². The summed E-state index contributed by atoms with van der Waals surface area (Å²) in [6.45, 7) is 3.82. The predicted octanol–water partition coefficient (Wildman–Crippen LogP) is 4.13. The number of hydrogen-bond donors (Lipinski definition) is 1. The number of ether oxygens (including phenoxy) is 1. The highest BCUT2D eigenvalue weighted by molar-refractivity contribution is 5.39. The third kappa shape index (κ3) is 3.58. The molecule has 0 fully saturated rings. The van der Waals surface area contributed by atoms with Crippen molar-refractivity contribution < 1.29 is 13.5 Å². The Kier molecular flexibility index (Phi) is 4.91. The summed E-state index contributed by atoms with van der Waals surface area (Å²) in [4.78, 5) is 0. The minimum Gasteiger partial charge on any atom is -0.488 e. The lowest BCUT2D eigenvalue weighted by Gasteiger charge is -2.17. The predicted molar refractivity (Wildman–Crippen MR) is 79.3 cm³/mol. The molecule has 0 bridgehead atoms. The molecule has 0 aromatic heterocycles. The second kappa shape index (κ2) is 6.68. The Labute approximate surface area is 123 Å². The van der Waals surface area contributed by atoms with Gasteiger partial charge in [-0.3, -0.25) is 0 Å². The second-order valence-electron chi connectivity index (χ2n) is 5.04. The molecule has 1 unspecified atom stereocenters. The summed E-state index contributed by atoms with van der Waals surface area (Å²) < 4.78 is 32.9. The van der Waals surface area contributed by atoms with Gasteiger partial charge in [-0.1, -0.05) is 18.2 Å². The molecule has 1 atom stereocenters. The van der Waals surface area contributed by atoms with Crippen LogP contribution >= 0.6 is 0 Å². The van der Waals surface area contributed by atoms with E-state index in [1.165, 1.54) is 18.2 Å². The molecule has 112 valence electrons. The minimum atomic E-state index is -0.592. The van der Waals surface area contributed by atoms with E-state index in [1.807, 2.05) is 39.1 Å². The van der Waals surface area contributed by atoms with Gasteiger partial charge in [-0.25, -0.2) is 8.78 Å². The number of benzene rings is 2. The van der Waals surface area contributed by atoms with Crippen LogP contribution in [-0.4, -0.2) is 7.05 Å². The number of rotatable bonds is 5. The molecule has 2 aromatic rings. The topological polar surface area (TPSA) is 21.3 Å². The van der Waals surface area contributed by atoms with E-state index in [9.17, 15) is 8.78 Å². The largest absolute Gasteiger partial charge is 0.488 e. The van der Waals surface area contributed by atoms with Crippen molar-refractivity contribution >= 4 is 0 Å². The molecule has 0 saturated carbocycles. The highest BCUT2D eigenvalue weighted by Gasteiger charge is 2.13. The van der Waals surface area contributed by atoms with Crippen LogP contribution in [-0.2, 0) is 6.61 Å². The van der Waals surface area contributed by atoms with Gasteiger partial charge in [-0.05, 0) is 44.7 Å². The molecule has 0 aliphatic carbocycles. The van der Waals surface area contributed by atoms with E-state index in [-0.39, 0.29) is 18.2 Å². The number of hydrogen-bond acceptors (Lipinski definition) is 2. The maximum Gasteiger partial charge on any atom is 0.132 e. The fraction of sp³-hybridized carbons (Fsp3) is 0.294. The molecule has 0 aliphatic rings. The Bertz CT molecular complexity index is 608. The van der Waals surface area contributed by atoms with Crippen molar-refractivity contribution in [2.24, 2.45) is 0 Å². The van der Waals surface area contributed by atoms with E-state index in [0.29, 0.717) is 5.75 Å². The zero-order valence-electron chi connectivity index (χ0n) is 12.4. The molecule has 0 aliphatic heterocycles. The smallest absolute Gasteiger partial charge is 0.132 e. The van der Waals surface area contributed by atoms with Gasteiger partial charge in [0.05, 0.1) is 5.56 Å². The van der Waals surface area contributed by atoms with Gasteiger partial charge in [-0.2, -0.15) is 0 Å². The van der Waals surface area contributed by atoms with Crippen LogP contribution in [0.15, 0.2) is 36.4 Å². The maximum absolute atomic E-state index is 13.6. The lowest BCUT2D eigenvalue weighted by Crippen LogP contribution is -2.14. The first kappa shape index (κ1) is 15.4. The fourth-order valence-electron chi connectivity index (χ4n) is 2.10. The number of aryl methyl sites for hydroxylation is 1. The van der Waals surface area contributed by atoms with Gasteiger partial charge >= 0.3 is 0 Å². The fourth-order valence-corrected chi connectivity index (χ4v) is 2.10. The average molecular weight is 291 g/mol. The van der Waals surface area contributed by atoms with Crippen LogP contribution in [0, 0.1) is 18.6 Å². The SMILES string of the molecule is CNC(C)c1ccc(C)cc1OCc1c(F)cccc1F. The van der Waals surface area contributed by atoms with Crippen LogP contribution in [0.2, 0.25) is 0 Å². The molecule has 0 radical (unpaired) electrons. The van der Waals surface area contributed by atoms with Gasteiger partial charge in [0.15, 0.2) is 0 Å². The van der Waals surface area contributed by atoms with Crippen molar-refractivity contribution in [2.75, 3.05) is 7.05 Å². The molecule has 1 N–H and O–H groups in total. The molecule has 0 saturated heterocycles. The normalized spacial score (nSPS) is 12.2. The van der Waals surface area contributed by atoms with Gasteiger partial charge in [0, 0.05) is 11.6 Å². The first-order valence-electron chi connectivity index (χ1n) is 6.86. The summed E-state index contributed by atoms with van der Waals surface area (Å²) >= 11 is 0. The lowest BCUT2D eigenvalue weighted by atomic mass is 10.1. The van der Waals surface area contributed by atoms with E-state index < -0.39 is 11.6 Å². The molecule has 0 heterocycles. The van der Waals surface area contributed by atoms with Crippen LogP contribution in [0.3, 0.4) is 0 Å². The highest BCUT2D eigenvalue weighted by Crippen LogP contribution is 2.27. The molecule has 2 rings (SSSR count). The Morgan fingerprint density at radius 1 is 1.14 bits per heavy atom. The van der Waals surface area contributed by atoms with Crippen LogP contribution < -0.4 is 10.1 Å². The van der Waals surface area contributed by atoms with Crippen LogP contribution in [0.5, 0.6) is 5.75 Å². The van der Waals surface area contributed by atoms with E-state index >= 15 is 0 Å². The quantitative estimate of drug-likeness (QED) is 0.894. The van der Waals surface area contributed by atoms with Crippen LogP contribution in [0.1, 0.15) is 29.7 Å². The molecule has 0 spiro atoms. The summed E-state index contributed by atoms with van der Waals surface area (Å²) in [5.74, 6) is -0.545. The third-order valence-corrected chi connectivity index (χ3v) is 3.50. The first-order valence-corrected chi connectivity index (χ1v) is 6.86. The van der Waals surface area contributed by atoms with Crippen molar-refractivity contribution in [1.29, 1.82) is 0 Å². The molecule has 4 heteroatoms. The van der Waals surface area contributed by atoms with Gasteiger partial charge < -0.3 is 10.1 Å². The second-order valence-corrected chi connectivity index (χ2v) is 5.04. The maximum atomic E-state index is 13.6. The first-order chi connectivity index (χ1) is 10.0. The van der Waals surface area contributed by atoms with Gasteiger partial charge in [0.1, 0.15) is 24.0 Å². The van der Waals surface area contributed by atoms with Crippen molar-refractivity contribution in [2.45, 2.75) is 26.5 Å². The van der Waals surface area contributed by atoms with Gasteiger partial charge in [-0.15, -0.1) is 0 Å². The van der Waals surface area contributed by atoms with E-state index in [2.05, 4.69) is 5.32 Å². The molecule has 2 aromatic carbocycles.